The summed E-state index contributed by atoms with van der Waals surface area (Å²) < 4.78 is 34.7. The molecule has 9 heteroatoms. The van der Waals surface area contributed by atoms with Crippen molar-refractivity contribution in [1.82, 2.24) is 10.2 Å². The van der Waals surface area contributed by atoms with Gasteiger partial charge >= 0.3 is 0 Å². The highest BCUT2D eigenvalue weighted by Gasteiger charge is 2.34. The van der Waals surface area contributed by atoms with E-state index in [4.69, 9.17) is 4.74 Å². The first kappa shape index (κ1) is 31.3. The molecule has 1 N–H and O–H groups in total. The van der Waals surface area contributed by atoms with Crippen LogP contribution in [0.15, 0.2) is 114 Å². The zero-order valence-electron chi connectivity index (χ0n) is 24.6. The lowest BCUT2D eigenvalue weighted by atomic mass is 10.0. The van der Waals surface area contributed by atoms with Gasteiger partial charge in [-0.05, 0) is 61.4 Å². The van der Waals surface area contributed by atoms with E-state index < -0.39 is 28.5 Å². The molecule has 4 rings (SSSR count). The third-order valence-corrected chi connectivity index (χ3v) is 8.82. The number of likely N-dealkylation sites (N-methyl/N-ethyl adjacent to an activating group) is 1. The summed E-state index contributed by atoms with van der Waals surface area (Å²) >= 11 is 0. The fourth-order valence-electron chi connectivity index (χ4n) is 4.74. The molecule has 4 aromatic rings. The van der Waals surface area contributed by atoms with E-state index in [9.17, 15) is 18.0 Å². The molecule has 0 radical (unpaired) electrons. The lowest BCUT2D eigenvalue weighted by Crippen LogP contribution is -2.53. The first-order valence-corrected chi connectivity index (χ1v) is 15.6. The topological polar surface area (TPSA) is 96.0 Å². The molecular formula is C34H37N3O5S. The second-order valence-electron chi connectivity index (χ2n) is 10.1. The minimum Gasteiger partial charge on any atom is -0.494 e. The number of ether oxygens (including phenoxy) is 1. The van der Waals surface area contributed by atoms with Gasteiger partial charge in [-0.1, -0.05) is 78.4 Å². The summed E-state index contributed by atoms with van der Waals surface area (Å²) in [4.78, 5) is 29.1. The maximum Gasteiger partial charge on any atom is 0.264 e. The highest BCUT2D eigenvalue weighted by atomic mass is 32.2. The summed E-state index contributed by atoms with van der Waals surface area (Å²) in [7, 11) is -2.64. The molecule has 0 bridgehead atoms. The summed E-state index contributed by atoms with van der Waals surface area (Å²) in [6, 6.07) is 30.9. The maximum atomic E-state index is 14.3. The van der Waals surface area contributed by atoms with Crippen LogP contribution in [0.1, 0.15) is 23.6 Å². The lowest BCUT2D eigenvalue weighted by molar-refractivity contribution is -0.139. The number of sulfonamides is 1. The zero-order chi connectivity index (χ0) is 30.8. The molecule has 1 unspecified atom stereocenters. The number of aryl methyl sites for hydroxylation is 1. The number of nitrogens with one attached hydrogen (secondary N) is 1. The average Bonchev–Trinajstić information content (AvgIpc) is 3.03. The molecule has 0 fully saturated rings. The van der Waals surface area contributed by atoms with Crippen LogP contribution in [0, 0.1) is 6.92 Å². The van der Waals surface area contributed by atoms with Gasteiger partial charge in [0.25, 0.3) is 10.0 Å². The number of amides is 2. The molecule has 43 heavy (non-hydrogen) atoms. The minimum atomic E-state index is -4.17. The zero-order valence-corrected chi connectivity index (χ0v) is 25.5. The second kappa shape index (κ2) is 14.5. The quantitative estimate of drug-likeness (QED) is 0.234. The SMILES string of the molecule is CCOc1ccc(S(=O)(=O)N(CC(=O)N(Cc2ccc(C)cc2)C(Cc2ccccc2)C(=O)NC)c2ccccc2)cc1. The van der Waals surface area contributed by atoms with E-state index in [1.807, 2.05) is 68.4 Å². The van der Waals surface area contributed by atoms with Gasteiger partial charge in [0.2, 0.25) is 11.8 Å². The van der Waals surface area contributed by atoms with Gasteiger partial charge < -0.3 is 15.0 Å². The molecule has 0 aromatic heterocycles. The van der Waals surface area contributed by atoms with Crippen LogP contribution in [0.2, 0.25) is 0 Å². The van der Waals surface area contributed by atoms with Gasteiger partial charge in [-0.25, -0.2) is 8.42 Å². The Kier molecular flexibility index (Phi) is 10.6. The van der Waals surface area contributed by atoms with Crippen molar-refractivity contribution in [2.75, 3.05) is 24.5 Å². The normalized spacial score (nSPS) is 11.8. The van der Waals surface area contributed by atoms with Crippen molar-refractivity contribution in [3.05, 3.63) is 126 Å². The van der Waals surface area contributed by atoms with Crippen LogP contribution in [-0.4, -0.2) is 51.4 Å². The number of hydrogen-bond acceptors (Lipinski definition) is 5. The number of benzene rings is 4. The summed E-state index contributed by atoms with van der Waals surface area (Å²) in [6.07, 6.45) is 0.259. The van der Waals surface area contributed by atoms with E-state index in [2.05, 4.69) is 5.32 Å². The smallest absolute Gasteiger partial charge is 0.264 e. The van der Waals surface area contributed by atoms with Gasteiger partial charge in [0.05, 0.1) is 17.2 Å². The molecule has 0 spiro atoms. The molecule has 0 aliphatic carbocycles. The maximum absolute atomic E-state index is 14.3. The fraction of sp³-hybridized carbons (Fsp3) is 0.235. The Balaban J connectivity index is 1.75. The Morgan fingerprint density at radius 3 is 2.00 bits per heavy atom. The summed E-state index contributed by atoms with van der Waals surface area (Å²) in [5, 5.41) is 2.70. The van der Waals surface area contributed by atoms with Crippen LogP contribution in [0.4, 0.5) is 5.69 Å². The van der Waals surface area contributed by atoms with E-state index in [0.29, 0.717) is 18.0 Å². The average molecular weight is 600 g/mol. The van der Waals surface area contributed by atoms with E-state index >= 15 is 0 Å². The Labute approximate surface area is 254 Å². The number of nitrogens with zero attached hydrogens (tertiary/aromatic N) is 2. The summed E-state index contributed by atoms with van der Waals surface area (Å²) in [6.45, 7) is 3.88. The Morgan fingerprint density at radius 2 is 1.42 bits per heavy atom. The van der Waals surface area contributed by atoms with Crippen molar-refractivity contribution in [3.63, 3.8) is 0 Å². The van der Waals surface area contributed by atoms with Crippen molar-refractivity contribution in [3.8, 4) is 5.75 Å². The molecule has 2 amide bonds. The van der Waals surface area contributed by atoms with Crippen LogP contribution in [0.5, 0.6) is 5.75 Å². The van der Waals surface area contributed by atoms with Gasteiger partial charge in [0.1, 0.15) is 18.3 Å². The van der Waals surface area contributed by atoms with E-state index in [1.54, 1.807) is 42.5 Å². The van der Waals surface area contributed by atoms with Crippen LogP contribution >= 0.6 is 0 Å². The second-order valence-corrected chi connectivity index (χ2v) is 11.9. The first-order chi connectivity index (χ1) is 20.7. The summed E-state index contributed by atoms with van der Waals surface area (Å²) in [5.41, 5.74) is 3.09. The Bertz CT molecular complexity index is 1590. The van der Waals surface area contributed by atoms with E-state index in [1.165, 1.54) is 24.1 Å². The minimum absolute atomic E-state index is 0.0184. The van der Waals surface area contributed by atoms with Crippen LogP contribution in [-0.2, 0) is 32.6 Å². The van der Waals surface area contributed by atoms with Gasteiger partial charge in [-0.3, -0.25) is 13.9 Å². The third kappa shape index (κ3) is 8.02. The number of para-hydroxylation sites is 1. The first-order valence-electron chi connectivity index (χ1n) is 14.1. The van der Waals surface area contributed by atoms with Crippen molar-refractivity contribution >= 4 is 27.5 Å². The highest BCUT2D eigenvalue weighted by molar-refractivity contribution is 7.92. The molecule has 224 valence electrons. The molecule has 0 aliphatic rings. The van der Waals surface area contributed by atoms with Gasteiger partial charge in [-0.2, -0.15) is 0 Å². The van der Waals surface area contributed by atoms with E-state index in [-0.39, 0.29) is 23.8 Å². The Morgan fingerprint density at radius 1 is 0.814 bits per heavy atom. The number of rotatable bonds is 13. The largest absolute Gasteiger partial charge is 0.494 e. The van der Waals surface area contributed by atoms with Gasteiger partial charge in [0.15, 0.2) is 0 Å². The number of carbonyl (C=O) groups excluding carboxylic acids is 2. The molecule has 0 saturated carbocycles. The third-order valence-electron chi connectivity index (χ3n) is 7.04. The molecular weight excluding hydrogens is 562 g/mol. The number of hydrogen-bond donors (Lipinski definition) is 1. The van der Waals surface area contributed by atoms with Crippen molar-refractivity contribution in [2.45, 2.75) is 37.8 Å². The molecule has 0 heterocycles. The highest BCUT2D eigenvalue weighted by Crippen LogP contribution is 2.26. The molecule has 1 atom stereocenters. The van der Waals surface area contributed by atoms with Gasteiger partial charge in [0, 0.05) is 20.0 Å². The van der Waals surface area contributed by atoms with Gasteiger partial charge in [-0.15, -0.1) is 0 Å². The van der Waals surface area contributed by atoms with E-state index in [0.717, 1.165) is 21.0 Å². The van der Waals surface area contributed by atoms with Crippen LogP contribution < -0.4 is 14.4 Å². The monoisotopic (exact) mass is 599 g/mol. The van der Waals surface area contributed by atoms with Crippen molar-refractivity contribution < 1.29 is 22.7 Å². The number of anilines is 1. The van der Waals surface area contributed by atoms with Crippen molar-refractivity contribution in [1.29, 1.82) is 0 Å². The lowest BCUT2D eigenvalue weighted by Gasteiger charge is -2.33. The van der Waals surface area contributed by atoms with Crippen LogP contribution in [0.25, 0.3) is 0 Å². The molecule has 0 aliphatic heterocycles. The Hall–Kier alpha value is -4.63. The predicted octanol–water partition coefficient (Wildman–Crippen LogP) is 4.98. The molecule has 8 nitrogen and oxygen atoms in total. The molecule has 4 aromatic carbocycles. The van der Waals surface area contributed by atoms with Crippen LogP contribution in [0.3, 0.4) is 0 Å². The number of carbonyl (C=O) groups is 2. The van der Waals surface area contributed by atoms with Crippen molar-refractivity contribution in [2.24, 2.45) is 0 Å². The summed E-state index contributed by atoms with van der Waals surface area (Å²) in [5.74, 6) is -0.309. The predicted molar refractivity (Wildman–Crippen MR) is 168 cm³/mol. The standard InChI is InChI=1S/C34H37N3O5S/c1-4-42-30-19-21-31(22-20-30)43(40,41)37(29-13-9-6-10-14-29)25-33(38)36(24-28-17-15-26(2)16-18-28)32(34(39)35-3)23-27-11-7-5-8-12-27/h5-22,32H,4,23-25H2,1-3H3,(H,35,39). The molecule has 0 saturated heterocycles. The fourth-order valence-corrected chi connectivity index (χ4v) is 6.15.